The molecule has 0 fully saturated rings. The summed E-state index contributed by atoms with van der Waals surface area (Å²) in [7, 11) is 2.95. The molecular weight excluding hydrogens is 238 g/mol. The number of phenolic OH excluding ortho intramolecular Hbond substituents is 1. The van der Waals surface area contributed by atoms with E-state index in [1.165, 1.54) is 26.3 Å². The fourth-order valence-electron chi connectivity index (χ4n) is 1.35. The van der Waals surface area contributed by atoms with Gasteiger partial charge >= 0.3 is 6.03 Å². The molecular formula is C11H17N3O4. The number of aliphatic hydroxyl groups is 1. The molecule has 0 saturated carbocycles. The lowest BCUT2D eigenvalue weighted by molar-refractivity contribution is 0.254. The second-order valence-corrected chi connectivity index (χ2v) is 3.42. The van der Waals surface area contributed by atoms with E-state index in [0.29, 0.717) is 18.0 Å². The van der Waals surface area contributed by atoms with Crippen LogP contribution in [0.3, 0.4) is 0 Å². The van der Waals surface area contributed by atoms with Gasteiger partial charge in [-0.1, -0.05) is 0 Å². The average Bonchev–Trinajstić information content (AvgIpc) is 2.38. The minimum absolute atomic E-state index is 0.0395. The Morgan fingerprint density at radius 3 is 2.67 bits per heavy atom. The third-order valence-corrected chi connectivity index (χ3v) is 2.22. The number of carbonyl (C=O) groups is 1. The van der Waals surface area contributed by atoms with Crippen molar-refractivity contribution in [1.29, 1.82) is 0 Å². The van der Waals surface area contributed by atoms with Crippen molar-refractivity contribution >= 4 is 17.4 Å². The number of amides is 2. The molecule has 0 aromatic heterocycles. The van der Waals surface area contributed by atoms with E-state index >= 15 is 0 Å². The zero-order valence-corrected chi connectivity index (χ0v) is 10.3. The first-order valence-corrected chi connectivity index (χ1v) is 5.36. The van der Waals surface area contributed by atoms with Gasteiger partial charge in [-0.3, -0.25) is 0 Å². The molecule has 1 rings (SSSR count). The lowest BCUT2D eigenvalue weighted by Crippen LogP contribution is -2.24. The molecule has 100 valence electrons. The summed E-state index contributed by atoms with van der Waals surface area (Å²) in [5.74, 6) is 0.354. The van der Waals surface area contributed by atoms with Crippen molar-refractivity contribution in [3.63, 3.8) is 0 Å². The number of urea groups is 1. The van der Waals surface area contributed by atoms with E-state index in [2.05, 4.69) is 16.0 Å². The fraction of sp³-hybridized carbons (Fsp3) is 0.364. The Balaban J connectivity index is 2.98. The van der Waals surface area contributed by atoms with Gasteiger partial charge in [-0.2, -0.15) is 0 Å². The first kappa shape index (κ1) is 13.9. The average molecular weight is 255 g/mol. The van der Waals surface area contributed by atoms with Gasteiger partial charge in [-0.25, -0.2) is 4.79 Å². The Hall–Kier alpha value is -2.15. The second kappa shape index (κ2) is 6.55. The molecule has 0 unspecified atom stereocenters. The number of phenols is 1. The van der Waals surface area contributed by atoms with Crippen LogP contribution in [0.1, 0.15) is 0 Å². The van der Waals surface area contributed by atoms with Crippen LogP contribution in [-0.2, 0) is 0 Å². The molecule has 0 saturated heterocycles. The van der Waals surface area contributed by atoms with E-state index in [1.54, 1.807) is 0 Å². The minimum atomic E-state index is -0.441. The first-order valence-electron chi connectivity index (χ1n) is 5.36. The SMILES string of the molecule is CNC(=O)Nc1cc(OC)c(NCCO)cc1O. The Labute approximate surface area is 105 Å². The molecule has 0 aliphatic heterocycles. The largest absolute Gasteiger partial charge is 0.506 e. The van der Waals surface area contributed by atoms with E-state index in [-0.39, 0.29) is 18.0 Å². The quantitative estimate of drug-likeness (QED) is 0.495. The van der Waals surface area contributed by atoms with Crippen LogP contribution in [-0.4, -0.2) is 43.6 Å². The molecule has 0 bridgehead atoms. The molecule has 0 atom stereocenters. The van der Waals surface area contributed by atoms with Gasteiger partial charge in [-0.15, -0.1) is 0 Å². The highest BCUT2D eigenvalue weighted by molar-refractivity contribution is 5.91. The molecule has 5 N–H and O–H groups in total. The lowest BCUT2D eigenvalue weighted by atomic mass is 10.2. The number of benzene rings is 1. The highest BCUT2D eigenvalue weighted by Gasteiger charge is 2.11. The van der Waals surface area contributed by atoms with Crippen LogP contribution in [0.5, 0.6) is 11.5 Å². The van der Waals surface area contributed by atoms with Crippen molar-refractivity contribution in [3.05, 3.63) is 12.1 Å². The molecule has 7 nitrogen and oxygen atoms in total. The van der Waals surface area contributed by atoms with E-state index in [0.717, 1.165) is 0 Å². The molecule has 0 radical (unpaired) electrons. The summed E-state index contributed by atoms with van der Waals surface area (Å²) in [4.78, 5) is 11.2. The normalized spacial score (nSPS) is 9.72. The van der Waals surface area contributed by atoms with Crippen LogP contribution in [0, 0.1) is 0 Å². The van der Waals surface area contributed by atoms with Crippen molar-refractivity contribution in [2.75, 3.05) is 37.9 Å². The maximum absolute atomic E-state index is 11.2. The highest BCUT2D eigenvalue weighted by Crippen LogP contribution is 2.35. The third-order valence-electron chi connectivity index (χ3n) is 2.22. The summed E-state index contributed by atoms with van der Waals surface area (Å²) in [6.45, 7) is 0.292. The van der Waals surface area contributed by atoms with Crippen LogP contribution >= 0.6 is 0 Å². The number of ether oxygens (including phenoxy) is 1. The number of hydrogen-bond acceptors (Lipinski definition) is 5. The van der Waals surface area contributed by atoms with Gasteiger partial charge in [-0.05, 0) is 0 Å². The van der Waals surface area contributed by atoms with Crippen LogP contribution in [0.4, 0.5) is 16.2 Å². The third kappa shape index (κ3) is 3.42. The Kier molecular flexibility index (Phi) is 5.06. The van der Waals surface area contributed by atoms with Gasteiger partial charge in [0.2, 0.25) is 0 Å². The van der Waals surface area contributed by atoms with E-state index in [9.17, 15) is 9.90 Å². The Bertz CT molecular complexity index is 423. The maximum atomic E-state index is 11.2. The van der Waals surface area contributed by atoms with Gasteiger partial charge < -0.3 is 30.9 Å². The molecule has 0 aliphatic rings. The van der Waals surface area contributed by atoms with Crippen molar-refractivity contribution in [2.45, 2.75) is 0 Å². The molecule has 1 aromatic rings. The van der Waals surface area contributed by atoms with Crippen molar-refractivity contribution in [2.24, 2.45) is 0 Å². The number of anilines is 2. The zero-order valence-electron chi connectivity index (χ0n) is 10.3. The maximum Gasteiger partial charge on any atom is 0.319 e. The molecule has 1 aromatic carbocycles. The fourth-order valence-corrected chi connectivity index (χ4v) is 1.35. The molecule has 0 spiro atoms. The Morgan fingerprint density at radius 2 is 2.11 bits per heavy atom. The number of aliphatic hydroxyl groups excluding tert-OH is 1. The number of methoxy groups -OCH3 is 1. The summed E-state index contributed by atoms with van der Waals surface area (Å²) in [5, 5.41) is 26.2. The number of aromatic hydroxyl groups is 1. The molecule has 7 heteroatoms. The standard InChI is InChI=1S/C11H17N3O4/c1-12-11(17)14-7-6-10(18-2)8(5-9(7)16)13-3-4-15/h5-6,13,15-16H,3-4H2,1-2H3,(H2,12,14,17). The van der Waals surface area contributed by atoms with Crippen LogP contribution < -0.4 is 20.7 Å². The van der Waals surface area contributed by atoms with Crippen molar-refractivity contribution < 1.29 is 19.7 Å². The summed E-state index contributed by atoms with van der Waals surface area (Å²) in [6, 6.07) is 2.47. The van der Waals surface area contributed by atoms with E-state index < -0.39 is 6.03 Å². The number of nitrogens with one attached hydrogen (secondary N) is 3. The topological polar surface area (TPSA) is 103 Å². The van der Waals surface area contributed by atoms with Gasteiger partial charge in [0.1, 0.15) is 11.5 Å². The number of carbonyl (C=O) groups excluding carboxylic acids is 1. The first-order chi connectivity index (χ1) is 8.62. The summed E-state index contributed by atoms with van der Waals surface area (Å²) in [5.41, 5.74) is 0.771. The lowest BCUT2D eigenvalue weighted by Gasteiger charge is -2.14. The highest BCUT2D eigenvalue weighted by atomic mass is 16.5. The number of rotatable bonds is 5. The monoisotopic (exact) mass is 255 g/mol. The van der Waals surface area contributed by atoms with Crippen molar-refractivity contribution in [1.82, 2.24) is 5.32 Å². The van der Waals surface area contributed by atoms with Crippen LogP contribution in [0.15, 0.2) is 12.1 Å². The Morgan fingerprint density at radius 1 is 1.39 bits per heavy atom. The van der Waals surface area contributed by atoms with E-state index in [4.69, 9.17) is 9.84 Å². The predicted molar refractivity (Wildman–Crippen MR) is 68.3 cm³/mol. The summed E-state index contributed by atoms with van der Waals surface area (Å²) >= 11 is 0. The summed E-state index contributed by atoms with van der Waals surface area (Å²) < 4.78 is 5.13. The minimum Gasteiger partial charge on any atom is -0.506 e. The molecule has 0 heterocycles. The molecule has 2 amide bonds. The zero-order chi connectivity index (χ0) is 13.5. The predicted octanol–water partition coefficient (Wildman–Crippen LogP) is 0.556. The van der Waals surface area contributed by atoms with Gasteiger partial charge in [0.15, 0.2) is 0 Å². The van der Waals surface area contributed by atoms with Gasteiger partial charge in [0.05, 0.1) is 25.1 Å². The van der Waals surface area contributed by atoms with Crippen LogP contribution in [0.2, 0.25) is 0 Å². The molecule has 18 heavy (non-hydrogen) atoms. The smallest absolute Gasteiger partial charge is 0.319 e. The number of hydrogen-bond donors (Lipinski definition) is 5. The van der Waals surface area contributed by atoms with Gasteiger partial charge in [0.25, 0.3) is 0 Å². The van der Waals surface area contributed by atoms with Crippen molar-refractivity contribution in [3.8, 4) is 11.5 Å². The van der Waals surface area contributed by atoms with E-state index in [1.807, 2.05) is 0 Å². The van der Waals surface area contributed by atoms with Gasteiger partial charge in [0, 0.05) is 25.7 Å². The summed E-state index contributed by atoms with van der Waals surface area (Å²) in [6.07, 6.45) is 0. The molecule has 0 aliphatic carbocycles. The van der Waals surface area contributed by atoms with Crippen LogP contribution in [0.25, 0.3) is 0 Å². The second-order valence-electron chi connectivity index (χ2n) is 3.42.